The molecular formula is C34H22FN3O. The molecule has 2 heterocycles. The number of nitrogens with zero attached hydrogens (tertiary/aromatic N) is 3. The van der Waals surface area contributed by atoms with Crippen molar-refractivity contribution in [3.05, 3.63) is 114 Å². The van der Waals surface area contributed by atoms with Crippen molar-refractivity contribution in [1.29, 1.82) is 0 Å². The van der Waals surface area contributed by atoms with E-state index in [1.807, 2.05) is 36.4 Å². The summed E-state index contributed by atoms with van der Waals surface area (Å²) in [5, 5.41) is 1.88. The van der Waals surface area contributed by atoms with Gasteiger partial charge in [0.15, 0.2) is 11.5 Å². The van der Waals surface area contributed by atoms with Gasteiger partial charge in [0.2, 0.25) is 0 Å². The standard InChI is InChI=1S/C34H22FN3O/c1-19-16-29(38-27-7-3-5-9-30(27)39-31-10-6-4-8-28(31)38)20(2)15-24(19)22-11-12-23-32-25(22)17-21(35)18-26(32)34-33(23)36-13-14-37-34/h3-18H,1-2H3. The van der Waals surface area contributed by atoms with Crippen molar-refractivity contribution in [3.63, 3.8) is 0 Å². The van der Waals surface area contributed by atoms with Crippen LogP contribution >= 0.6 is 0 Å². The minimum absolute atomic E-state index is 0.276. The van der Waals surface area contributed by atoms with E-state index in [4.69, 9.17) is 4.74 Å². The average molecular weight is 508 g/mol. The Balaban J connectivity index is 1.34. The molecule has 0 amide bonds. The van der Waals surface area contributed by atoms with Crippen molar-refractivity contribution in [2.24, 2.45) is 0 Å². The molecule has 0 fully saturated rings. The fourth-order valence-corrected chi connectivity index (χ4v) is 6.10. The molecule has 1 aliphatic heterocycles. The Kier molecular flexibility index (Phi) is 4.50. The number of fused-ring (bicyclic) bond motifs is 5. The van der Waals surface area contributed by atoms with Crippen LogP contribution in [0.3, 0.4) is 0 Å². The Labute approximate surface area is 225 Å². The predicted molar refractivity (Wildman–Crippen MR) is 154 cm³/mol. The summed E-state index contributed by atoms with van der Waals surface area (Å²) in [5.74, 6) is 1.37. The molecule has 2 aliphatic rings. The van der Waals surface area contributed by atoms with Crippen LogP contribution < -0.4 is 9.64 Å². The zero-order chi connectivity index (χ0) is 26.2. The molecule has 0 spiro atoms. The first kappa shape index (κ1) is 22.0. The summed E-state index contributed by atoms with van der Waals surface area (Å²) in [7, 11) is 0. The van der Waals surface area contributed by atoms with Crippen LogP contribution in [0, 0.1) is 19.7 Å². The lowest BCUT2D eigenvalue weighted by atomic mass is 9.90. The number of aromatic nitrogens is 2. The van der Waals surface area contributed by atoms with E-state index in [0.29, 0.717) is 0 Å². The summed E-state index contributed by atoms with van der Waals surface area (Å²) >= 11 is 0. The quantitative estimate of drug-likeness (QED) is 0.234. The van der Waals surface area contributed by atoms with Crippen molar-refractivity contribution in [2.45, 2.75) is 13.8 Å². The van der Waals surface area contributed by atoms with E-state index < -0.39 is 0 Å². The Bertz CT molecular complexity index is 1950. The lowest BCUT2D eigenvalue weighted by Gasteiger charge is -2.34. The number of rotatable bonds is 2. The molecule has 0 atom stereocenters. The number of ether oxygens (including phenoxy) is 1. The van der Waals surface area contributed by atoms with Crippen LogP contribution in [0.5, 0.6) is 11.5 Å². The largest absolute Gasteiger partial charge is 0.453 e. The fourth-order valence-electron chi connectivity index (χ4n) is 6.10. The van der Waals surface area contributed by atoms with E-state index >= 15 is 0 Å². The van der Waals surface area contributed by atoms with E-state index in [1.165, 1.54) is 0 Å². The second-order valence-electron chi connectivity index (χ2n) is 10.1. The van der Waals surface area contributed by atoms with Gasteiger partial charge in [-0.1, -0.05) is 36.4 Å². The van der Waals surface area contributed by atoms with Gasteiger partial charge in [-0.15, -0.1) is 0 Å². The molecule has 4 nitrogen and oxygen atoms in total. The Morgan fingerprint density at radius 3 is 1.97 bits per heavy atom. The van der Waals surface area contributed by atoms with E-state index in [1.54, 1.807) is 24.5 Å². The smallest absolute Gasteiger partial charge is 0.151 e. The van der Waals surface area contributed by atoms with Crippen LogP contribution in [0.25, 0.3) is 44.4 Å². The van der Waals surface area contributed by atoms with Gasteiger partial charge in [0, 0.05) is 34.6 Å². The van der Waals surface area contributed by atoms with Gasteiger partial charge >= 0.3 is 0 Å². The maximum absolute atomic E-state index is 15.0. The number of anilines is 3. The molecule has 0 saturated carbocycles. The molecular weight excluding hydrogens is 485 g/mol. The monoisotopic (exact) mass is 507 g/mol. The molecule has 0 radical (unpaired) electrons. The number of benzene rings is 5. The number of aryl methyl sites for hydroxylation is 2. The van der Waals surface area contributed by atoms with E-state index in [9.17, 15) is 4.39 Å². The Morgan fingerprint density at radius 2 is 1.26 bits per heavy atom. The van der Waals surface area contributed by atoms with Crippen LogP contribution in [0.4, 0.5) is 21.5 Å². The third-order valence-corrected chi connectivity index (χ3v) is 7.79. The molecule has 186 valence electrons. The highest BCUT2D eigenvalue weighted by molar-refractivity contribution is 6.17. The lowest BCUT2D eigenvalue weighted by molar-refractivity contribution is 0.477. The minimum Gasteiger partial charge on any atom is -0.453 e. The van der Waals surface area contributed by atoms with Gasteiger partial charge in [-0.3, -0.25) is 9.97 Å². The molecule has 6 aromatic rings. The molecule has 0 bridgehead atoms. The van der Waals surface area contributed by atoms with E-state index in [0.717, 1.165) is 84.1 Å². The van der Waals surface area contributed by atoms with Gasteiger partial charge in [-0.05, 0) is 90.0 Å². The molecule has 1 aromatic heterocycles. The molecule has 8 rings (SSSR count). The van der Waals surface area contributed by atoms with Gasteiger partial charge in [0.1, 0.15) is 5.82 Å². The van der Waals surface area contributed by atoms with Crippen molar-refractivity contribution >= 4 is 27.8 Å². The van der Waals surface area contributed by atoms with Crippen LogP contribution in [0.15, 0.2) is 97.3 Å². The van der Waals surface area contributed by atoms with Crippen molar-refractivity contribution in [3.8, 4) is 45.1 Å². The summed E-state index contributed by atoms with van der Waals surface area (Å²) in [5.41, 5.74) is 10.7. The maximum Gasteiger partial charge on any atom is 0.151 e. The predicted octanol–water partition coefficient (Wildman–Crippen LogP) is 9.28. The van der Waals surface area contributed by atoms with Gasteiger partial charge in [-0.25, -0.2) is 4.39 Å². The second-order valence-corrected chi connectivity index (χ2v) is 10.1. The normalized spacial score (nSPS) is 12.6. The molecule has 0 N–H and O–H groups in total. The van der Waals surface area contributed by atoms with Crippen molar-refractivity contribution in [1.82, 2.24) is 9.97 Å². The Hall–Kier alpha value is -5.03. The summed E-state index contributed by atoms with van der Waals surface area (Å²) in [4.78, 5) is 11.4. The maximum atomic E-state index is 15.0. The number of halogens is 1. The summed E-state index contributed by atoms with van der Waals surface area (Å²) in [6, 6.07) is 28.0. The highest BCUT2D eigenvalue weighted by Gasteiger charge is 2.29. The first-order chi connectivity index (χ1) is 19.1. The second kappa shape index (κ2) is 7.98. The SMILES string of the molecule is Cc1cc(N2c3ccccc3Oc3ccccc32)c(C)cc1-c1ccc2c3c(cc(F)cc13)-c1nccnc1-2. The molecule has 0 saturated heterocycles. The summed E-state index contributed by atoms with van der Waals surface area (Å²) in [6.07, 6.45) is 3.35. The van der Waals surface area contributed by atoms with Crippen LogP contribution in [0.1, 0.15) is 11.1 Å². The topological polar surface area (TPSA) is 38.2 Å². The zero-order valence-electron chi connectivity index (χ0n) is 21.4. The van der Waals surface area contributed by atoms with Gasteiger partial charge in [-0.2, -0.15) is 0 Å². The van der Waals surface area contributed by atoms with Crippen molar-refractivity contribution < 1.29 is 9.13 Å². The minimum atomic E-state index is -0.276. The Morgan fingerprint density at radius 1 is 0.615 bits per heavy atom. The lowest BCUT2D eigenvalue weighted by Crippen LogP contribution is -2.16. The first-order valence-corrected chi connectivity index (χ1v) is 12.9. The highest BCUT2D eigenvalue weighted by atomic mass is 19.1. The molecule has 0 unspecified atom stereocenters. The van der Waals surface area contributed by atoms with Crippen LogP contribution in [-0.2, 0) is 0 Å². The zero-order valence-corrected chi connectivity index (χ0v) is 21.4. The fraction of sp³-hybridized carbons (Fsp3) is 0.0588. The van der Waals surface area contributed by atoms with Crippen molar-refractivity contribution in [2.75, 3.05) is 4.90 Å². The third-order valence-electron chi connectivity index (χ3n) is 7.79. The van der Waals surface area contributed by atoms with E-state index in [-0.39, 0.29) is 5.82 Å². The van der Waals surface area contributed by atoms with Crippen LogP contribution in [-0.4, -0.2) is 9.97 Å². The molecule has 39 heavy (non-hydrogen) atoms. The summed E-state index contributed by atoms with van der Waals surface area (Å²) in [6.45, 7) is 4.25. The highest BCUT2D eigenvalue weighted by Crippen LogP contribution is 2.52. The average Bonchev–Trinajstić information content (AvgIpc) is 3.27. The number of para-hydroxylation sites is 4. The number of hydrogen-bond acceptors (Lipinski definition) is 4. The molecule has 5 heteroatoms. The third kappa shape index (κ3) is 3.10. The molecule has 1 aliphatic carbocycles. The number of hydrogen-bond donors (Lipinski definition) is 0. The van der Waals surface area contributed by atoms with Crippen LogP contribution in [0.2, 0.25) is 0 Å². The van der Waals surface area contributed by atoms with Gasteiger partial charge < -0.3 is 9.64 Å². The van der Waals surface area contributed by atoms with Gasteiger partial charge in [0.05, 0.1) is 22.8 Å². The summed E-state index contributed by atoms with van der Waals surface area (Å²) < 4.78 is 21.2. The first-order valence-electron chi connectivity index (χ1n) is 12.9. The van der Waals surface area contributed by atoms with Gasteiger partial charge in [0.25, 0.3) is 0 Å². The van der Waals surface area contributed by atoms with E-state index in [2.05, 4.69) is 65.1 Å². The molecule has 5 aromatic carbocycles.